The van der Waals surface area contributed by atoms with Gasteiger partial charge in [-0.1, -0.05) is 18.2 Å². The largest absolute Gasteiger partial charge is 0.461 e. The molecule has 0 unspecified atom stereocenters. The molecule has 0 aliphatic heterocycles. The molecule has 0 aliphatic rings. The monoisotopic (exact) mass is 508 g/mol. The third-order valence-electron chi connectivity index (χ3n) is 4.32. The minimum atomic E-state index is -1.95. The molecule has 4 nitrogen and oxygen atoms in total. The van der Waals surface area contributed by atoms with Crippen molar-refractivity contribution in [1.82, 2.24) is 0 Å². The summed E-state index contributed by atoms with van der Waals surface area (Å²) in [5.41, 5.74) is -2.45. The molecular formula is C22H18ClF5O4S. The Bertz CT molecular complexity index is 1090. The van der Waals surface area contributed by atoms with Gasteiger partial charge in [-0.15, -0.1) is 11.8 Å². The van der Waals surface area contributed by atoms with Crippen LogP contribution in [0, 0.1) is 36.0 Å². The van der Waals surface area contributed by atoms with E-state index in [-0.39, 0.29) is 28.7 Å². The average molecular weight is 509 g/mol. The topological polar surface area (TPSA) is 52.6 Å². The highest BCUT2D eigenvalue weighted by molar-refractivity contribution is 8.00. The first kappa shape index (κ1) is 26.7. The molecule has 0 heterocycles. The van der Waals surface area contributed by atoms with Gasteiger partial charge in [0.15, 0.2) is 17.5 Å². The second kappa shape index (κ2) is 11.0. The molecule has 11 heteroatoms. The van der Waals surface area contributed by atoms with Crippen molar-refractivity contribution in [2.45, 2.75) is 30.9 Å². The molecule has 2 aromatic carbocycles. The zero-order valence-corrected chi connectivity index (χ0v) is 19.2. The van der Waals surface area contributed by atoms with Crippen LogP contribution in [-0.2, 0) is 19.1 Å². The minimum absolute atomic E-state index is 0.0346. The van der Waals surface area contributed by atoms with Crippen LogP contribution < -0.4 is 0 Å². The van der Waals surface area contributed by atoms with Crippen LogP contribution in [0.2, 0.25) is 5.02 Å². The van der Waals surface area contributed by atoms with Gasteiger partial charge in [-0.3, -0.25) is 4.79 Å². The standard InChI is InChI=1S/C22H18ClF5O4S/c1-9(2)21(29)31-5-6-32-22(30)11(4)33-15-7-12(14(24)8-13(15)23)16-17(25)10(3)18(26)20(28)19(16)27/h7-8,11H,1,5-6H2,2-4H3/t11-/m0/s1. The van der Waals surface area contributed by atoms with Crippen molar-refractivity contribution in [1.29, 1.82) is 0 Å². The van der Waals surface area contributed by atoms with Gasteiger partial charge < -0.3 is 9.47 Å². The van der Waals surface area contributed by atoms with Crippen LogP contribution in [0.25, 0.3) is 11.1 Å². The lowest BCUT2D eigenvalue weighted by molar-refractivity contribution is -0.149. The first-order valence-electron chi connectivity index (χ1n) is 9.34. The first-order chi connectivity index (χ1) is 15.4. The van der Waals surface area contributed by atoms with E-state index in [1.54, 1.807) is 0 Å². The van der Waals surface area contributed by atoms with E-state index < -0.39 is 63.0 Å². The van der Waals surface area contributed by atoms with E-state index in [1.165, 1.54) is 13.8 Å². The molecule has 0 aromatic heterocycles. The van der Waals surface area contributed by atoms with Gasteiger partial charge in [0.2, 0.25) is 0 Å². The number of rotatable bonds is 8. The number of benzene rings is 2. The summed E-state index contributed by atoms with van der Waals surface area (Å²) in [6.45, 7) is 6.71. The normalized spacial score (nSPS) is 11.8. The molecular weight excluding hydrogens is 491 g/mol. The number of ether oxygens (including phenoxy) is 2. The molecule has 2 aromatic rings. The summed E-state index contributed by atoms with van der Waals surface area (Å²) in [7, 11) is 0. The molecule has 0 saturated heterocycles. The summed E-state index contributed by atoms with van der Waals surface area (Å²) in [4.78, 5) is 23.5. The highest BCUT2D eigenvalue weighted by atomic mass is 35.5. The van der Waals surface area contributed by atoms with Crippen molar-refractivity contribution in [3.8, 4) is 11.1 Å². The summed E-state index contributed by atoms with van der Waals surface area (Å²) in [5.74, 6) is -9.60. The molecule has 0 spiro atoms. The lowest BCUT2D eigenvalue weighted by atomic mass is 10.0. The second-order valence-electron chi connectivity index (χ2n) is 6.86. The summed E-state index contributed by atoms with van der Waals surface area (Å²) >= 11 is 6.78. The van der Waals surface area contributed by atoms with Gasteiger partial charge in [0.25, 0.3) is 0 Å². The maximum absolute atomic E-state index is 14.5. The lowest BCUT2D eigenvalue weighted by Gasteiger charge is -2.15. The fourth-order valence-electron chi connectivity index (χ4n) is 2.55. The molecule has 2 rings (SSSR count). The molecule has 178 valence electrons. The van der Waals surface area contributed by atoms with Crippen molar-refractivity contribution in [3.05, 3.63) is 64.0 Å². The molecule has 0 fully saturated rings. The fraction of sp³-hybridized carbons (Fsp3) is 0.273. The van der Waals surface area contributed by atoms with Crippen molar-refractivity contribution in [2.24, 2.45) is 0 Å². The Labute approximate surface area is 195 Å². The summed E-state index contributed by atoms with van der Waals surface area (Å²) in [5, 5.41) is -1.10. The van der Waals surface area contributed by atoms with E-state index in [0.717, 1.165) is 30.8 Å². The van der Waals surface area contributed by atoms with E-state index in [4.69, 9.17) is 21.1 Å². The maximum atomic E-state index is 14.5. The molecule has 0 radical (unpaired) electrons. The molecule has 0 amide bonds. The molecule has 33 heavy (non-hydrogen) atoms. The predicted octanol–water partition coefficient (Wildman–Crippen LogP) is 6.15. The van der Waals surface area contributed by atoms with Crippen molar-refractivity contribution < 1.29 is 41.0 Å². The molecule has 0 N–H and O–H groups in total. The molecule has 0 aliphatic carbocycles. The Kier molecular flexibility index (Phi) is 8.90. The third-order valence-corrected chi connectivity index (χ3v) is 5.88. The van der Waals surface area contributed by atoms with Crippen LogP contribution in [0.3, 0.4) is 0 Å². The summed E-state index contributed by atoms with van der Waals surface area (Å²) < 4.78 is 80.5. The number of carbonyl (C=O) groups is 2. The summed E-state index contributed by atoms with van der Waals surface area (Å²) in [6, 6.07) is 1.67. The number of thioether (sulfide) groups is 1. The van der Waals surface area contributed by atoms with Gasteiger partial charge in [0.1, 0.15) is 30.1 Å². The maximum Gasteiger partial charge on any atom is 0.333 e. The average Bonchev–Trinajstić information content (AvgIpc) is 2.76. The lowest BCUT2D eigenvalue weighted by Crippen LogP contribution is -2.20. The van der Waals surface area contributed by atoms with Crippen LogP contribution >= 0.6 is 23.4 Å². The highest BCUT2D eigenvalue weighted by Gasteiger charge is 2.27. The van der Waals surface area contributed by atoms with Crippen LogP contribution in [0.4, 0.5) is 22.0 Å². The van der Waals surface area contributed by atoms with Gasteiger partial charge in [-0.05, 0) is 32.9 Å². The highest BCUT2D eigenvalue weighted by Crippen LogP contribution is 2.39. The van der Waals surface area contributed by atoms with Crippen molar-refractivity contribution >= 4 is 35.3 Å². The van der Waals surface area contributed by atoms with Crippen molar-refractivity contribution in [3.63, 3.8) is 0 Å². The third kappa shape index (κ3) is 6.05. The van der Waals surface area contributed by atoms with Gasteiger partial charge in [-0.25, -0.2) is 26.7 Å². The summed E-state index contributed by atoms with van der Waals surface area (Å²) in [6.07, 6.45) is 0. The quantitative estimate of drug-likeness (QED) is 0.0813. The van der Waals surface area contributed by atoms with Crippen molar-refractivity contribution in [2.75, 3.05) is 13.2 Å². The fourth-order valence-corrected chi connectivity index (χ4v) is 3.74. The van der Waals surface area contributed by atoms with Gasteiger partial charge in [0.05, 0.1) is 10.6 Å². The minimum Gasteiger partial charge on any atom is -0.461 e. The first-order valence-corrected chi connectivity index (χ1v) is 10.6. The second-order valence-corrected chi connectivity index (χ2v) is 8.65. The van der Waals surface area contributed by atoms with E-state index >= 15 is 0 Å². The smallest absolute Gasteiger partial charge is 0.333 e. The van der Waals surface area contributed by atoms with Crippen LogP contribution in [-0.4, -0.2) is 30.4 Å². The van der Waals surface area contributed by atoms with E-state index in [0.29, 0.717) is 0 Å². The van der Waals surface area contributed by atoms with Gasteiger partial charge >= 0.3 is 11.9 Å². The van der Waals surface area contributed by atoms with Gasteiger partial charge in [-0.2, -0.15) is 0 Å². The predicted molar refractivity (Wildman–Crippen MR) is 113 cm³/mol. The molecule has 0 saturated carbocycles. The molecule has 1 atom stereocenters. The number of carbonyl (C=O) groups excluding carboxylic acids is 2. The van der Waals surface area contributed by atoms with Crippen LogP contribution in [0.15, 0.2) is 29.2 Å². The Morgan fingerprint density at radius 3 is 2.24 bits per heavy atom. The Balaban J connectivity index is 2.24. The number of hydrogen-bond acceptors (Lipinski definition) is 5. The van der Waals surface area contributed by atoms with Crippen LogP contribution in [0.1, 0.15) is 19.4 Å². The number of halogens is 6. The zero-order valence-electron chi connectivity index (χ0n) is 17.7. The SMILES string of the molecule is C=C(C)C(=O)OCCOC(=O)[C@H](C)Sc1cc(-c2c(F)c(C)c(F)c(F)c2F)c(F)cc1Cl. The molecule has 0 bridgehead atoms. The Morgan fingerprint density at radius 2 is 1.64 bits per heavy atom. The number of esters is 2. The van der Waals surface area contributed by atoms with E-state index in [2.05, 4.69) is 6.58 Å². The van der Waals surface area contributed by atoms with E-state index in [1.807, 2.05) is 0 Å². The van der Waals surface area contributed by atoms with Gasteiger partial charge in [0, 0.05) is 21.6 Å². The Hall–Kier alpha value is -2.59. The van der Waals surface area contributed by atoms with Crippen LogP contribution in [0.5, 0.6) is 0 Å². The Morgan fingerprint density at radius 1 is 1.03 bits per heavy atom. The zero-order chi connectivity index (χ0) is 25.0. The number of hydrogen-bond donors (Lipinski definition) is 0. The van der Waals surface area contributed by atoms with E-state index in [9.17, 15) is 31.5 Å².